The predicted molar refractivity (Wildman–Crippen MR) is 109 cm³/mol. The van der Waals surface area contributed by atoms with Crippen molar-refractivity contribution in [2.24, 2.45) is 11.7 Å². The third-order valence-electron chi connectivity index (χ3n) is 5.01. The first-order chi connectivity index (χ1) is 13.6. The molecule has 1 saturated heterocycles. The zero-order valence-electron chi connectivity index (χ0n) is 16.2. The Morgan fingerprint density at radius 1 is 1.18 bits per heavy atom. The van der Waals surface area contributed by atoms with E-state index in [4.69, 9.17) is 10.5 Å². The fraction of sp³-hybridized carbons (Fsp3) is 0.364. The third-order valence-corrected chi connectivity index (χ3v) is 5.01. The van der Waals surface area contributed by atoms with E-state index in [1.54, 1.807) is 12.0 Å². The molecule has 148 valence electrons. The number of para-hydroxylation sites is 2. The van der Waals surface area contributed by atoms with Crippen molar-refractivity contribution in [3.8, 4) is 5.75 Å². The SMILES string of the molecule is COc1ccccc1N1CC(C(=O)N(CCCN)Cc2ccccc2)CC1=O. The summed E-state index contributed by atoms with van der Waals surface area (Å²) in [5.74, 6) is 0.219. The van der Waals surface area contributed by atoms with E-state index in [0.717, 1.165) is 12.0 Å². The largest absolute Gasteiger partial charge is 0.495 e. The fourth-order valence-electron chi connectivity index (χ4n) is 3.57. The van der Waals surface area contributed by atoms with Gasteiger partial charge in [0.05, 0.1) is 18.7 Å². The molecule has 1 atom stereocenters. The number of ether oxygens (including phenoxy) is 1. The Morgan fingerprint density at radius 2 is 1.89 bits per heavy atom. The summed E-state index contributed by atoms with van der Waals surface area (Å²) in [6.45, 7) is 2.00. The number of hydrogen-bond donors (Lipinski definition) is 1. The first-order valence-corrected chi connectivity index (χ1v) is 9.60. The van der Waals surface area contributed by atoms with Gasteiger partial charge in [-0.05, 0) is 30.7 Å². The van der Waals surface area contributed by atoms with Crippen LogP contribution < -0.4 is 15.4 Å². The van der Waals surface area contributed by atoms with Gasteiger partial charge in [-0.2, -0.15) is 0 Å². The lowest BCUT2D eigenvalue weighted by Gasteiger charge is -2.26. The molecule has 1 aliphatic heterocycles. The van der Waals surface area contributed by atoms with Crippen LogP contribution in [-0.2, 0) is 16.1 Å². The van der Waals surface area contributed by atoms with Gasteiger partial charge in [0.2, 0.25) is 11.8 Å². The number of nitrogens with zero attached hydrogens (tertiary/aromatic N) is 2. The van der Waals surface area contributed by atoms with E-state index in [0.29, 0.717) is 37.6 Å². The summed E-state index contributed by atoms with van der Waals surface area (Å²) in [5, 5.41) is 0. The number of anilines is 1. The highest BCUT2D eigenvalue weighted by atomic mass is 16.5. The number of amides is 2. The molecule has 0 bridgehead atoms. The lowest BCUT2D eigenvalue weighted by molar-refractivity contribution is -0.136. The lowest BCUT2D eigenvalue weighted by Crippen LogP contribution is -2.38. The first kappa shape index (κ1) is 19.9. The average molecular weight is 381 g/mol. The maximum atomic E-state index is 13.2. The standard InChI is InChI=1S/C22H27N3O3/c1-28-20-11-6-5-10-19(20)25-16-18(14-21(25)26)22(27)24(13-7-12-23)15-17-8-3-2-4-9-17/h2-6,8-11,18H,7,12-16,23H2,1H3. The number of hydrogen-bond acceptors (Lipinski definition) is 4. The van der Waals surface area contributed by atoms with Crippen LogP contribution in [0.4, 0.5) is 5.69 Å². The molecule has 2 N–H and O–H groups in total. The molecule has 6 heteroatoms. The summed E-state index contributed by atoms with van der Waals surface area (Å²) < 4.78 is 5.38. The van der Waals surface area contributed by atoms with Gasteiger partial charge in [0, 0.05) is 26.1 Å². The second kappa shape index (κ2) is 9.37. The number of rotatable bonds is 8. The lowest BCUT2D eigenvalue weighted by atomic mass is 10.1. The summed E-state index contributed by atoms with van der Waals surface area (Å²) in [7, 11) is 1.58. The second-order valence-corrected chi connectivity index (χ2v) is 6.96. The van der Waals surface area contributed by atoms with Gasteiger partial charge in [-0.1, -0.05) is 42.5 Å². The van der Waals surface area contributed by atoms with Crippen LogP contribution in [0.25, 0.3) is 0 Å². The van der Waals surface area contributed by atoms with Crippen LogP contribution in [0.5, 0.6) is 5.75 Å². The fourth-order valence-corrected chi connectivity index (χ4v) is 3.57. The molecule has 2 aromatic rings. The second-order valence-electron chi connectivity index (χ2n) is 6.96. The number of carbonyl (C=O) groups excluding carboxylic acids is 2. The smallest absolute Gasteiger partial charge is 0.228 e. The van der Waals surface area contributed by atoms with Gasteiger partial charge >= 0.3 is 0 Å². The molecule has 0 aromatic heterocycles. The Labute approximate surface area is 165 Å². The molecule has 0 spiro atoms. The molecule has 2 aromatic carbocycles. The molecule has 6 nitrogen and oxygen atoms in total. The average Bonchev–Trinajstić information content (AvgIpc) is 3.12. The molecule has 0 radical (unpaired) electrons. The van der Waals surface area contributed by atoms with Crippen molar-refractivity contribution in [1.82, 2.24) is 4.90 Å². The van der Waals surface area contributed by atoms with Gasteiger partial charge in [-0.25, -0.2) is 0 Å². The Bertz CT molecular complexity index is 810. The Hall–Kier alpha value is -2.86. The number of carbonyl (C=O) groups is 2. The van der Waals surface area contributed by atoms with E-state index in [2.05, 4.69) is 0 Å². The van der Waals surface area contributed by atoms with Crippen LogP contribution in [0.15, 0.2) is 54.6 Å². The molecule has 0 aliphatic carbocycles. The highest BCUT2D eigenvalue weighted by Gasteiger charge is 2.38. The number of nitrogens with two attached hydrogens (primary N) is 1. The summed E-state index contributed by atoms with van der Waals surface area (Å²) in [6.07, 6.45) is 0.945. The van der Waals surface area contributed by atoms with Crippen molar-refractivity contribution in [3.05, 3.63) is 60.2 Å². The molecule has 1 heterocycles. The van der Waals surface area contributed by atoms with Crippen molar-refractivity contribution in [2.75, 3.05) is 31.6 Å². The summed E-state index contributed by atoms with van der Waals surface area (Å²) in [5.41, 5.74) is 7.44. The summed E-state index contributed by atoms with van der Waals surface area (Å²) >= 11 is 0. The highest BCUT2D eigenvalue weighted by molar-refractivity contribution is 6.01. The zero-order chi connectivity index (χ0) is 19.9. The van der Waals surface area contributed by atoms with Crippen molar-refractivity contribution in [3.63, 3.8) is 0 Å². The van der Waals surface area contributed by atoms with Crippen molar-refractivity contribution >= 4 is 17.5 Å². The van der Waals surface area contributed by atoms with Crippen molar-refractivity contribution in [2.45, 2.75) is 19.4 Å². The van der Waals surface area contributed by atoms with Gasteiger partial charge in [-0.15, -0.1) is 0 Å². The Morgan fingerprint density at radius 3 is 2.61 bits per heavy atom. The van der Waals surface area contributed by atoms with Crippen molar-refractivity contribution in [1.29, 1.82) is 0 Å². The van der Waals surface area contributed by atoms with E-state index in [1.807, 2.05) is 59.5 Å². The zero-order valence-corrected chi connectivity index (χ0v) is 16.2. The van der Waals surface area contributed by atoms with Crippen LogP contribution in [0, 0.1) is 5.92 Å². The van der Waals surface area contributed by atoms with Crippen LogP contribution >= 0.6 is 0 Å². The third kappa shape index (κ3) is 4.51. The minimum Gasteiger partial charge on any atom is -0.495 e. The topological polar surface area (TPSA) is 75.9 Å². The molecular formula is C22H27N3O3. The van der Waals surface area contributed by atoms with Crippen LogP contribution in [0.3, 0.4) is 0 Å². The van der Waals surface area contributed by atoms with E-state index in [9.17, 15) is 9.59 Å². The predicted octanol–water partition coefficient (Wildman–Crippen LogP) is 2.43. The first-order valence-electron chi connectivity index (χ1n) is 9.60. The van der Waals surface area contributed by atoms with Crippen LogP contribution in [0.2, 0.25) is 0 Å². The van der Waals surface area contributed by atoms with Gasteiger partial charge in [0.25, 0.3) is 0 Å². The molecule has 1 aliphatic rings. The Balaban J connectivity index is 1.75. The molecular weight excluding hydrogens is 354 g/mol. The van der Waals surface area contributed by atoms with Crippen molar-refractivity contribution < 1.29 is 14.3 Å². The maximum absolute atomic E-state index is 13.2. The van der Waals surface area contributed by atoms with Gasteiger partial charge in [-0.3, -0.25) is 9.59 Å². The maximum Gasteiger partial charge on any atom is 0.228 e. The number of benzene rings is 2. The quantitative estimate of drug-likeness (QED) is 0.762. The minimum absolute atomic E-state index is 0.00283. The van der Waals surface area contributed by atoms with Crippen LogP contribution in [0.1, 0.15) is 18.4 Å². The highest BCUT2D eigenvalue weighted by Crippen LogP contribution is 2.33. The normalized spacial score (nSPS) is 16.3. The number of methoxy groups -OCH3 is 1. The molecule has 1 fully saturated rings. The van der Waals surface area contributed by atoms with E-state index in [1.165, 1.54) is 0 Å². The van der Waals surface area contributed by atoms with Gasteiger partial charge in [0.1, 0.15) is 5.75 Å². The molecule has 3 rings (SSSR count). The molecule has 28 heavy (non-hydrogen) atoms. The van der Waals surface area contributed by atoms with Gasteiger partial charge < -0.3 is 20.3 Å². The minimum atomic E-state index is -0.362. The van der Waals surface area contributed by atoms with E-state index < -0.39 is 0 Å². The summed E-state index contributed by atoms with van der Waals surface area (Å²) in [4.78, 5) is 29.3. The monoisotopic (exact) mass is 381 g/mol. The Kier molecular flexibility index (Phi) is 6.66. The molecule has 2 amide bonds. The molecule has 1 unspecified atom stereocenters. The molecule has 0 saturated carbocycles. The van der Waals surface area contributed by atoms with E-state index in [-0.39, 0.29) is 24.2 Å². The van der Waals surface area contributed by atoms with Crippen LogP contribution in [-0.4, -0.2) is 43.5 Å². The van der Waals surface area contributed by atoms with E-state index >= 15 is 0 Å². The summed E-state index contributed by atoms with van der Waals surface area (Å²) in [6, 6.07) is 17.3. The van der Waals surface area contributed by atoms with Gasteiger partial charge in [0.15, 0.2) is 0 Å².